The topological polar surface area (TPSA) is 38.3 Å². The molecule has 0 aromatic heterocycles. The second-order valence-electron chi connectivity index (χ2n) is 6.44. The molecule has 3 aromatic carbocycles. The predicted molar refractivity (Wildman–Crippen MR) is 107 cm³/mol. The lowest BCUT2D eigenvalue weighted by Crippen LogP contribution is -2.30. The molecule has 1 amide bonds. The summed E-state index contributed by atoms with van der Waals surface area (Å²) < 4.78 is 5.78. The van der Waals surface area contributed by atoms with Gasteiger partial charge in [0.2, 0.25) is 0 Å². The van der Waals surface area contributed by atoms with Crippen LogP contribution < -0.4 is 10.1 Å². The van der Waals surface area contributed by atoms with Crippen LogP contribution in [0.4, 0.5) is 5.69 Å². The van der Waals surface area contributed by atoms with Crippen LogP contribution in [0.2, 0.25) is 0 Å². The highest BCUT2D eigenvalue weighted by Gasteiger charge is 2.15. The lowest BCUT2D eigenvalue weighted by atomic mass is 10.1. The number of carbonyl (C=O) groups excluding carboxylic acids is 1. The summed E-state index contributed by atoms with van der Waals surface area (Å²) in [6.45, 7) is 5.83. The van der Waals surface area contributed by atoms with Crippen molar-refractivity contribution in [2.75, 3.05) is 5.32 Å². The minimum absolute atomic E-state index is 0.166. The summed E-state index contributed by atoms with van der Waals surface area (Å²) in [7, 11) is 0. The third-order valence-corrected chi connectivity index (χ3v) is 4.42. The molecule has 1 N–H and O–H groups in total. The summed E-state index contributed by atoms with van der Waals surface area (Å²) in [6.07, 6.45) is -0.584. The van der Waals surface area contributed by atoms with Crippen LogP contribution >= 0.6 is 0 Å². The van der Waals surface area contributed by atoms with Gasteiger partial charge in [0.05, 0.1) is 0 Å². The molecule has 0 fully saturated rings. The second-order valence-corrected chi connectivity index (χ2v) is 6.44. The fourth-order valence-electron chi connectivity index (χ4n) is 2.68. The standard InChI is InChI=1S/C23H23NO2/c1-16-9-12-21(15-17(16)2)24-23(25)18(3)26-22-13-10-20(11-14-22)19-7-5-4-6-8-19/h4-15,18H,1-3H3,(H,24,25)/t18-/m1/s1. The van der Waals surface area contributed by atoms with Crippen molar-refractivity contribution in [1.29, 1.82) is 0 Å². The molecule has 132 valence electrons. The van der Waals surface area contributed by atoms with Crippen molar-refractivity contribution in [1.82, 2.24) is 0 Å². The zero-order chi connectivity index (χ0) is 18.5. The van der Waals surface area contributed by atoms with Gasteiger partial charge in [-0.05, 0) is 67.3 Å². The van der Waals surface area contributed by atoms with E-state index in [9.17, 15) is 4.79 Å². The van der Waals surface area contributed by atoms with E-state index in [1.807, 2.05) is 74.5 Å². The Labute approximate surface area is 154 Å². The molecule has 0 heterocycles. The van der Waals surface area contributed by atoms with Crippen LogP contribution in [-0.4, -0.2) is 12.0 Å². The van der Waals surface area contributed by atoms with E-state index in [-0.39, 0.29) is 5.91 Å². The highest BCUT2D eigenvalue weighted by Crippen LogP contribution is 2.23. The first kappa shape index (κ1) is 17.7. The van der Waals surface area contributed by atoms with Gasteiger partial charge in [0.25, 0.3) is 5.91 Å². The van der Waals surface area contributed by atoms with Crippen LogP contribution in [0.25, 0.3) is 11.1 Å². The fraction of sp³-hybridized carbons (Fsp3) is 0.174. The van der Waals surface area contributed by atoms with Crippen LogP contribution in [0.15, 0.2) is 72.8 Å². The molecule has 0 spiro atoms. The summed E-state index contributed by atoms with van der Waals surface area (Å²) in [5, 5.41) is 2.90. The van der Waals surface area contributed by atoms with Gasteiger partial charge in [-0.25, -0.2) is 0 Å². The van der Waals surface area contributed by atoms with Crippen molar-refractivity contribution >= 4 is 11.6 Å². The maximum atomic E-state index is 12.4. The Bertz CT molecular complexity index is 886. The van der Waals surface area contributed by atoms with Crippen molar-refractivity contribution in [3.05, 3.63) is 83.9 Å². The zero-order valence-electron chi connectivity index (χ0n) is 15.3. The lowest BCUT2D eigenvalue weighted by molar-refractivity contribution is -0.122. The first-order valence-electron chi connectivity index (χ1n) is 8.73. The number of hydrogen-bond acceptors (Lipinski definition) is 2. The maximum absolute atomic E-state index is 12.4. The number of benzene rings is 3. The Hall–Kier alpha value is -3.07. The largest absolute Gasteiger partial charge is 0.481 e. The Morgan fingerprint density at radius 1 is 0.846 bits per heavy atom. The Morgan fingerprint density at radius 3 is 2.15 bits per heavy atom. The predicted octanol–water partition coefficient (Wildman–Crippen LogP) is 5.38. The molecule has 3 aromatic rings. The molecule has 0 aliphatic heterocycles. The van der Waals surface area contributed by atoms with Gasteiger partial charge in [-0.15, -0.1) is 0 Å². The van der Waals surface area contributed by atoms with E-state index in [2.05, 4.69) is 17.4 Å². The molecular weight excluding hydrogens is 322 g/mol. The van der Waals surface area contributed by atoms with Gasteiger partial charge < -0.3 is 10.1 Å². The maximum Gasteiger partial charge on any atom is 0.265 e. The van der Waals surface area contributed by atoms with Gasteiger partial charge >= 0.3 is 0 Å². The van der Waals surface area contributed by atoms with Crippen LogP contribution in [0.5, 0.6) is 5.75 Å². The molecule has 0 aliphatic carbocycles. The highest BCUT2D eigenvalue weighted by molar-refractivity contribution is 5.94. The summed E-state index contributed by atoms with van der Waals surface area (Å²) in [4.78, 5) is 12.4. The molecule has 0 radical (unpaired) electrons. The van der Waals surface area contributed by atoms with E-state index in [1.54, 1.807) is 6.92 Å². The van der Waals surface area contributed by atoms with Crippen LogP contribution in [0, 0.1) is 13.8 Å². The third-order valence-electron chi connectivity index (χ3n) is 4.42. The smallest absolute Gasteiger partial charge is 0.265 e. The average molecular weight is 345 g/mol. The monoisotopic (exact) mass is 345 g/mol. The summed E-state index contributed by atoms with van der Waals surface area (Å²) >= 11 is 0. The van der Waals surface area contributed by atoms with Crippen molar-refractivity contribution < 1.29 is 9.53 Å². The number of anilines is 1. The van der Waals surface area contributed by atoms with E-state index in [4.69, 9.17) is 4.74 Å². The quantitative estimate of drug-likeness (QED) is 0.674. The van der Waals surface area contributed by atoms with Gasteiger partial charge in [0.15, 0.2) is 6.10 Å². The molecule has 0 unspecified atom stereocenters. The number of carbonyl (C=O) groups is 1. The van der Waals surface area contributed by atoms with Crippen LogP contribution in [-0.2, 0) is 4.79 Å². The average Bonchev–Trinajstić information content (AvgIpc) is 2.66. The first-order chi connectivity index (χ1) is 12.5. The SMILES string of the molecule is Cc1ccc(NC(=O)[C@@H](C)Oc2ccc(-c3ccccc3)cc2)cc1C. The zero-order valence-corrected chi connectivity index (χ0v) is 15.3. The third kappa shape index (κ3) is 4.31. The normalized spacial score (nSPS) is 11.7. The van der Waals surface area contributed by atoms with Crippen molar-refractivity contribution in [3.63, 3.8) is 0 Å². The van der Waals surface area contributed by atoms with Crippen LogP contribution in [0.3, 0.4) is 0 Å². The Morgan fingerprint density at radius 2 is 1.50 bits per heavy atom. The number of aryl methyl sites for hydroxylation is 2. The van der Waals surface area contributed by atoms with Gasteiger partial charge in [0.1, 0.15) is 5.75 Å². The number of hydrogen-bond donors (Lipinski definition) is 1. The lowest BCUT2D eigenvalue weighted by Gasteiger charge is -2.15. The van der Waals surface area contributed by atoms with Crippen molar-refractivity contribution in [2.45, 2.75) is 26.9 Å². The highest BCUT2D eigenvalue weighted by atomic mass is 16.5. The summed E-state index contributed by atoms with van der Waals surface area (Å²) in [6, 6.07) is 23.8. The van der Waals surface area contributed by atoms with E-state index in [1.165, 1.54) is 5.56 Å². The molecule has 0 saturated heterocycles. The number of ether oxygens (including phenoxy) is 1. The van der Waals surface area contributed by atoms with Crippen LogP contribution in [0.1, 0.15) is 18.1 Å². The number of amides is 1. The Kier molecular flexibility index (Phi) is 5.37. The number of nitrogens with one attached hydrogen (secondary N) is 1. The molecule has 3 nitrogen and oxygen atoms in total. The van der Waals surface area contributed by atoms with E-state index >= 15 is 0 Å². The van der Waals surface area contributed by atoms with Gasteiger partial charge in [0, 0.05) is 5.69 Å². The summed E-state index contributed by atoms with van der Waals surface area (Å²) in [5.41, 5.74) is 5.40. The fourth-order valence-corrected chi connectivity index (χ4v) is 2.68. The van der Waals surface area contributed by atoms with Gasteiger partial charge in [-0.2, -0.15) is 0 Å². The molecule has 0 bridgehead atoms. The molecular formula is C23H23NO2. The molecule has 0 aliphatic rings. The number of rotatable bonds is 5. The minimum atomic E-state index is -0.584. The molecule has 1 atom stereocenters. The molecule has 26 heavy (non-hydrogen) atoms. The Balaban J connectivity index is 1.62. The summed E-state index contributed by atoms with van der Waals surface area (Å²) in [5.74, 6) is 0.507. The van der Waals surface area contributed by atoms with Gasteiger partial charge in [-0.3, -0.25) is 4.79 Å². The van der Waals surface area contributed by atoms with Gasteiger partial charge in [-0.1, -0.05) is 48.5 Å². The van der Waals surface area contributed by atoms with Crippen molar-refractivity contribution in [3.8, 4) is 16.9 Å². The molecule has 0 saturated carbocycles. The second kappa shape index (κ2) is 7.87. The first-order valence-corrected chi connectivity index (χ1v) is 8.73. The minimum Gasteiger partial charge on any atom is -0.481 e. The van der Waals surface area contributed by atoms with E-state index in [0.29, 0.717) is 5.75 Å². The molecule has 3 heteroatoms. The van der Waals surface area contributed by atoms with Crippen molar-refractivity contribution in [2.24, 2.45) is 0 Å². The van der Waals surface area contributed by atoms with E-state index in [0.717, 1.165) is 22.4 Å². The van der Waals surface area contributed by atoms with E-state index < -0.39 is 6.10 Å². The molecule has 3 rings (SSSR count).